The molecule has 1 aromatic heterocycles. The Morgan fingerprint density at radius 1 is 1.00 bits per heavy atom. The first-order valence-electron chi connectivity index (χ1n) is 11.4. The molecule has 8 nitrogen and oxygen atoms in total. The maximum Gasteiger partial charge on any atom is 0.573 e. The molecule has 0 aliphatic heterocycles. The first-order chi connectivity index (χ1) is 17.9. The highest BCUT2D eigenvalue weighted by molar-refractivity contribution is 6.09. The van der Waals surface area contributed by atoms with Crippen LogP contribution in [-0.4, -0.2) is 46.5 Å². The van der Waals surface area contributed by atoms with Crippen LogP contribution in [0.25, 0.3) is 0 Å². The van der Waals surface area contributed by atoms with Crippen LogP contribution in [0.5, 0.6) is 5.75 Å². The Morgan fingerprint density at radius 3 is 2.21 bits per heavy atom. The predicted molar refractivity (Wildman–Crippen MR) is 118 cm³/mol. The van der Waals surface area contributed by atoms with E-state index in [1.54, 1.807) is 0 Å². The van der Waals surface area contributed by atoms with Gasteiger partial charge in [-0.05, 0) is 44.7 Å². The summed E-state index contributed by atoms with van der Waals surface area (Å²) in [5.74, 6) is -3.35. The largest absolute Gasteiger partial charge is 0.573 e. The van der Waals surface area contributed by atoms with Crippen molar-refractivity contribution in [2.75, 3.05) is 10.6 Å². The monoisotopic (exact) mass is 575 g/mol. The molecule has 0 atom stereocenters. The number of halogens is 9. The lowest BCUT2D eigenvalue weighted by Gasteiger charge is -2.30. The average Bonchev–Trinajstić information content (AvgIpc) is 3.06. The van der Waals surface area contributed by atoms with Gasteiger partial charge in [-0.25, -0.2) is 4.79 Å². The second-order valence-electron chi connectivity index (χ2n) is 8.80. The quantitative estimate of drug-likeness (QED) is 0.360. The zero-order chi connectivity index (χ0) is 29.2. The molecule has 1 heterocycles. The lowest BCUT2D eigenvalue weighted by atomic mass is 9.86. The van der Waals surface area contributed by atoms with Crippen LogP contribution in [-0.2, 0) is 6.54 Å². The molecule has 3 amide bonds. The third kappa shape index (κ3) is 8.68. The standard InChI is InChI=1S/C22H22F9N5O3/c1-11-16(34-19(38)33-13-7-5-12(6-8-13)21(26,27)28)17(35-36(11)10-20(23,24)25)18(37)32-14-3-2-4-15(9-14)39-22(29,30)31/h2-4,9,12-13H,5-8,10H2,1H3,(H,32,37)(H2,33,34,38). The number of hydrogen-bond donors (Lipinski definition) is 3. The van der Waals surface area contributed by atoms with Gasteiger partial charge in [0.1, 0.15) is 12.3 Å². The van der Waals surface area contributed by atoms with Crippen LogP contribution in [0.3, 0.4) is 0 Å². The Kier molecular flexibility index (Phi) is 8.60. The zero-order valence-electron chi connectivity index (χ0n) is 20.0. The number of alkyl halides is 9. The van der Waals surface area contributed by atoms with Crippen molar-refractivity contribution in [3.8, 4) is 5.75 Å². The van der Waals surface area contributed by atoms with E-state index in [1.807, 2.05) is 0 Å². The fraction of sp³-hybridized carbons (Fsp3) is 0.500. The van der Waals surface area contributed by atoms with Crippen LogP contribution < -0.4 is 20.7 Å². The van der Waals surface area contributed by atoms with E-state index in [4.69, 9.17) is 0 Å². The van der Waals surface area contributed by atoms with Crippen LogP contribution in [0.4, 0.5) is 55.7 Å². The highest BCUT2D eigenvalue weighted by atomic mass is 19.4. The smallest absolute Gasteiger partial charge is 0.406 e. The molecule has 39 heavy (non-hydrogen) atoms. The number of nitrogens with one attached hydrogen (secondary N) is 3. The Bertz CT molecular complexity index is 1180. The van der Waals surface area contributed by atoms with Crippen LogP contribution in [0, 0.1) is 12.8 Å². The number of hydrogen-bond acceptors (Lipinski definition) is 4. The summed E-state index contributed by atoms with van der Waals surface area (Å²) in [5.41, 5.74) is -1.61. The molecule has 2 aromatic rings. The molecule has 1 aliphatic carbocycles. The summed E-state index contributed by atoms with van der Waals surface area (Å²) >= 11 is 0. The first kappa shape index (κ1) is 29.9. The fourth-order valence-corrected chi connectivity index (χ4v) is 4.04. The molecular weight excluding hydrogens is 553 g/mol. The van der Waals surface area contributed by atoms with Crippen molar-refractivity contribution in [2.45, 2.75) is 63.9 Å². The van der Waals surface area contributed by atoms with Gasteiger partial charge >= 0.3 is 24.7 Å². The van der Waals surface area contributed by atoms with E-state index in [0.717, 1.165) is 25.1 Å². The van der Waals surface area contributed by atoms with Gasteiger partial charge < -0.3 is 20.7 Å². The van der Waals surface area contributed by atoms with Crippen molar-refractivity contribution in [3.05, 3.63) is 35.7 Å². The number of amides is 3. The number of urea groups is 1. The highest BCUT2D eigenvalue weighted by Crippen LogP contribution is 2.37. The summed E-state index contributed by atoms with van der Waals surface area (Å²) in [4.78, 5) is 25.4. The molecular formula is C22H22F9N5O3. The summed E-state index contributed by atoms with van der Waals surface area (Å²) in [7, 11) is 0. The number of aromatic nitrogens is 2. The van der Waals surface area contributed by atoms with Gasteiger partial charge in [-0.15, -0.1) is 13.2 Å². The van der Waals surface area contributed by atoms with Gasteiger partial charge in [0.25, 0.3) is 5.91 Å². The second-order valence-corrected chi connectivity index (χ2v) is 8.80. The maximum atomic E-state index is 13.0. The minimum absolute atomic E-state index is 0.00753. The molecule has 17 heteroatoms. The topological polar surface area (TPSA) is 97.3 Å². The third-order valence-corrected chi connectivity index (χ3v) is 5.84. The van der Waals surface area contributed by atoms with Crippen molar-refractivity contribution < 1.29 is 53.8 Å². The van der Waals surface area contributed by atoms with E-state index >= 15 is 0 Å². The molecule has 0 radical (unpaired) electrons. The van der Waals surface area contributed by atoms with Crippen LogP contribution in [0.1, 0.15) is 41.9 Å². The molecule has 1 aliphatic rings. The highest BCUT2D eigenvalue weighted by Gasteiger charge is 2.41. The molecule has 3 rings (SSSR count). The number of anilines is 2. The molecule has 0 saturated heterocycles. The number of ether oxygens (including phenoxy) is 1. The zero-order valence-corrected chi connectivity index (χ0v) is 20.0. The molecule has 0 unspecified atom stereocenters. The summed E-state index contributed by atoms with van der Waals surface area (Å²) in [6.45, 7) is -0.490. The van der Waals surface area contributed by atoms with Gasteiger partial charge in [0.15, 0.2) is 5.69 Å². The van der Waals surface area contributed by atoms with Crippen LogP contribution >= 0.6 is 0 Å². The molecule has 1 fully saturated rings. The van der Waals surface area contributed by atoms with Crippen LogP contribution in [0.2, 0.25) is 0 Å². The van der Waals surface area contributed by atoms with E-state index in [1.165, 1.54) is 6.07 Å². The van der Waals surface area contributed by atoms with Crippen molar-refractivity contribution in [1.82, 2.24) is 15.1 Å². The predicted octanol–water partition coefficient (Wildman–Crippen LogP) is 6.15. The summed E-state index contributed by atoms with van der Waals surface area (Å²) in [5, 5.41) is 10.5. The molecule has 3 N–H and O–H groups in total. The van der Waals surface area contributed by atoms with Gasteiger partial charge in [0.2, 0.25) is 0 Å². The summed E-state index contributed by atoms with van der Waals surface area (Å²) in [6, 6.07) is 2.41. The lowest BCUT2D eigenvalue weighted by Crippen LogP contribution is -2.42. The molecule has 0 spiro atoms. The lowest BCUT2D eigenvalue weighted by molar-refractivity contribution is -0.274. The number of nitrogens with zero attached hydrogens (tertiary/aromatic N) is 2. The molecule has 0 bridgehead atoms. The Morgan fingerprint density at radius 2 is 1.64 bits per heavy atom. The van der Waals surface area contributed by atoms with Crippen molar-refractivity contribution >= 4 is 23.3 Å². The van der Waals surface area contributed by atoms with Gasteiger partial charge in [-0.1, -0.05) is 6.07 Å². The van der Waals surface area contributed by atoms with E-state index in [2.05, 4.69) is 25.8 Å². The Labute approximate surface area is 214 Å². The van der Waals surface area contributed by atoms with E-state index in [-0.39, 0.29) is 37.1 Å². The summed E-state index contributed by atoms with van der Waals surface area (Å²) < 4.78 is 119. The normalized spacial score (nSPS) is 18.4. The second kappa shape index (κ2) is 11.2. The van der Waals surface area contributed by atoms with E-state index < -0.39 is 66.3 Å². The summed E-state index contributed by atoms with van der Waals surface area (Å²) in [6.07, 6.45) is -14.6. The molecule has 1 aromatic carbocycles. The van der Waals surface area contributed by atoms with Crippen LogP contribution in [0.15, 0.2) is 24.3 Å². The van der Waals surface area contributed by atoms with Gasteiger partial charge in [0, 0.05) is 17.8 Å². The maximum absolute atomic E-state index is 13.0. The average molecular weight is 575 g/mol. The van der Waals surface area contributed by atoms with Gasteiger partial charge in [-0.3, -0.25) is 9.48 Å². The minimum atomic E-state index is -5.02. The van der Waals surface area contributed by atoms with Gasteiger partial charge in [-0.2, -0.15) is 31.4 Å². The van der Waals surface area contributed by atoms with Crippen molar-refractivity contribution in [1.29, 1.82) is 0 Å². The molecule has 1 saturated carbocycles. The third-order valence-electron chi connectivity index (χ3n) is 5.84. The number of rotatable bonds is 6. The van der Waals surface area contributed by atoms with Crippen molar-refractivity contribution in [3.63, 3.8) is 0 Å². The van der Waals surface area contributed by atoms with Gasteiger partial charge in [0.05, 0.1) is 17.3 Å². The van der Waals surface area contributed by atoms with Crippen molar-refractivity contribution in [2.24, 2.45) is 5.92 Å². The number of benzene rings is 1. The Hall–Kier alpha value is -3.66. The first-order valence-corrected chi connectivity index (χ1v) is 11.4. The minimum Gasteiger partial charge on any atom is -0.406 e. The SMILES string of the molecule is Cc1c(NC(=O)NC2CCC(C(F)(F)F)CC2)c(C(=O)Nc2cccc(OC(F)(F)F)c2)nn1CC(F)(F)F. The van der Waals surface area contributed by atoms with E-state index in [9.17, 15) is 49.1 Å². The van der Waals surface area contributed by atoms with E-state index in [0.29, 0.717) is 4.68 Å². The number of carbonyl (C=O) groups excluding carboxylic acids is 2. The molecule has 216 valence electrons. The number of carbonyl (C=O) groups is 2. The fourth-order valence-electron chi connectivity index (χ4n) is 4.04. The Balaban J connectivity index is 1.78.